The van der Waals surface area contributed by atoms with Gasteiger partial charge >= 0.3 is 5.97 Å². The Labute approximate surface area is 184 Å². The fourth-order valence-electron chi connectivity index (χ4n) is 3.11. The highest BCUT2D eigenvalue weighted by atomic mass is 31.1. The number of carboxylic acid groups (broad SMARTS) is 1. The van der Waals surface area contributed by atoms with Crippen molar-refractivity contribution in [2.45, 2.75) is 52.1 Å². The van der Waals surface area contributed by atoms with Crippen LogP contribution in [0.1, 0.15) is 39.2 Å². The summed E-state index contributed by atoms with van der Waals surface area (Å²) in [5, 5.41) is 12.2. The summed E-state index contributed by atoms with van der Waals surface area (Å²) < 4.78 is 4.17. The predicted octanol–water partition coefficient (Wildman–Crippen LogP) is 3.63. The van der Waals surface area contributed by atoms with Gasteiger partial charge in [0.05, 0.1) is 5.69 Å². The van der Waals surface area contributed by atoms with Crippen molar-refractivity contribution < 1.29 is 19.6 Å². The first kappa shape index (κ1) is 24.6. The molecule has 0 spiro atoms. The fraction of sp³-hybridized carbons (Fsp3) is 0.435. The van der Waals surface area contributed by atoms with Crippen molar-refractivity contribution >= 4 is 19.8 Å². The lowest BCUT2D eigenvalue weighted by atomic mass is 10.0. The number of rotatable bonds is 11. The number of benzene rings is 1. The summed E-state index contributed by atoms with van der Waals surface area (Å²) in [4.78, 5) is 40.9. The van der Waals surface area contributed by atoms with Crippen LogP contribution in [0.15, 0.2) is 53.4 Å². The van der Waals surface area contributed by atoms with Gasteiger partial charge in [0.15, 0.2) is 14.0 Å². The molecule has 1 aromatic carbocycles. The topological polar surface area (TPSA) is 115 Å². The highest BCUT2D eigenvalue weighted by Crippen LogP contribution is 2.22. The SMILES string of the molecule is CCC[P+]([O-])=N[C@@H](CC(C)C)C(=O)N[C@@H](Cc1ccc(-c2ccccn2)cc1)C(=O)O. The number of carboxylic acids is 1. The van der Waals surface area contributed by atoms with Crippen molar-refractivity contribution in [3.63, 3.8) is 0 Å². The summed E-state index contributed by atoms with van der Waals surface area (Å²) in [6.45, 7) is 5.79. The van der Waals surface area contributed by atoms with Crippen LogP contribution in [0.2, 0.25) is 0 Å². The lowest BCUT2D eigenvalue weighted by molar-refractivity contribution is -0.156. The minimum Gasteiger partial charge on any atom is -0.612 e. The second-order valence-corrected chi connectivity index (χ2v) is 9.23. The fourth-order valence-corrected chi connectivity index (χ4v) is 4.11. The number of hydrogen-bond donors (Lipinski definition) is 2. The van der Waals surface area contributed by atoms with E-state index in [0.29, 0.717) is 19.0 Å². The van der Waals surface area contributed by atoms with Crippen LogP contribution in [-0.2, 0) is 16.0 Å². The summed E-state index contributed by atoms with van der Waals surface area (Å²) in [5.41, 5.74) is 2.54. The van der Waals surface area contributed by atoms with Gasteiger partial charge in [0.1, 0.15) is 12.2 Å². The molecule has 8 heteroatoms. The van der Waals surface area contributed by atoms with Crippen molar-refractivity contribution in [2.75, 3.05) is 6.16 Å². The van der Waals surface area contributed by atoms with Gasteiger partial charge in [0.25, 0.3) is 0 Å². The lowest BCUT2D eigenvalue weighted by Crippen LogP contribution is -2.46. The molecular formula is C23H30N3O4P. The molecule has 0 radical (unpaired) electrons. The summed E-state index contributed by atoms with van der Waals surface area (Å²) in [5.74, 6) is -1.46. The molecule has 0 aliphatic carbocycles. The molecule has 1 unspecified atom stereocenters. The smallest absolute Gasteiger partial charge is 0.326 e. The number of nitrogens with zero attached hydrogens (tertiary/aromatic N) is 2. The summed E-state index contributed by atoms with van der Waals surface area (Å²) >= 11 is 0. The third-order valence-corrected chi connectivity index (χ3v) is 6.02. The van der Waals surface area contributed by atoms with Crippen molar-refractivity contribution in [2.24, 2.45) is 10.7 Å². The molecule has 2 N–H and O–H groups in total. The van der Waals surface area contributed by atoms with Crippen LogP contribution in [0, 0.1) is 5.92 Å². The highest BCUT2D eigenvalue weighted by Gasteiger charge is 2.27. The van der Waals surface area contributed by atoms with Crippen LogP contribution in [0.5, 0.6) is 0 Å². The molecular weight excluding hydrogens is 413 g/mol. The van der Waals surface area contributed by atoms with Gasteiger partial charge in [-0.2, -0.15) is 0 Å². The Morgan fingerprint density at radius 2 is 1.90 bits per heavy atom. The van der Waals surface area contributed by atoms with E-state index in [-0.39, 0.29) is 12.3 Å². The monoisotopic (exact) mass is 443 g/mol. The average molecular weight is 443 g/mol. The van der Waals surface area contributed by atoms with Gasteiger partial charge in [0, 0.05) is 18.2 Å². The molecule has 1 heterocycles. The average Bonchev–Trinajstić information content (AvgIpc) is 2.73. The van der Waals surface area contributed by atoms with E-state index in [0.717, 1.165) is 16.8 Å². The third kappa shape index (κ3) is 8.19. The maximum Gasteiger partial charge on any atom is 0.326 e. The first-order valence-corrected chi connectivity index (χ1v) is 11.9. The van der Waals surface area contributed by atoms with Gasteiger partial charge in [0.2, 0.25) is 5.91 Å². The molecule has 31 heavy (non-hydrogen) atoms. The number of pyridine rings is 1. The largest absolute Gasteiger partial charge is 0.612 e. The number of nitrogens with one attached hydrogen (secondary N) is 1. The molecule has 0 aliphatic heterocycles. The van der Waals surface area contributed by atoms with E-state index in [4.69, 9.17) is 0 Å². The zero-order chi connectivity index (χ0) is 22.8. The number of aromatic nitrogens is 1. The third-order valence-electron chi connectivity index (χ3n) is 4.65. The Balaban J connectivity index is 2.11. The van der Waals surface area contributed by atoms with Crippen LogP contribution < -0.4 is 10.2 Å². The van der Waals surface area contributed by atoms with E-state index < -0.39 is 31.9 Å². The van der Waals surface area contributed by atoms with Crippen molar-refractivity contribution in [1.29, 1.82) is 0 Å². The number of hydrogen-bond acceptors (Lipinski definition) is 5. The zero-order valence-corrected chi connectivity index (χ0v) is 19.1. The van der Waals surface area contributed by atoms with Crippen LogP contribution in [0.25, 0.3) is 11.3 Å². The molecule has 3 atom stereocenters. The Hall–Kier alpha value is -2.63. The first-order chi connectivity index (χ1) is 14.8. The number of aliphatic carboxylic acids is 1. The molecule has 7 nitrogen and oxygen atoms in total. The standard InChI is InChI=1S/C23H30N3O4P/c1-4-13-31(30)26-20(14-16(2)3)22(27)25-21(23(28)29)15-17-8-10-18(11-9-17)19-7-5-6-12-24-19/h5-12,16,20-21H,4,13-15H2,1-3H3,(H,25,27)(H,28,29)/t20-,21-/m0/s1. The van der Waals surface area contributed by atoms with Gasteiger partial charge in [-0.05, 0) is 36.5 Å². The van der Waals surface area contributed by atoms with Crippen LogP contribution in [-0.4, -0.2) is 40.2 Å². The van der Waals surface area contributed by atoms with Gasteiger partial charge in [-0.15, -0.1) is 4.74 Å². The first-order valence-electron chi connectivity index (χ1n) is 10.5. The Bertz CT molecular complexity index is 885. The van der Waals surface area contributed by atoms with Crippen LogP contribution in [0.4, 0.5) is 0 Å². The molecule has 0 bridgehead atoms. The van der Waals surface area contributed by atoms with E-state index >= 15 is 0 Å². The van der Waals surface area contributed by atoms with E-state index in [1.807, 2.05) is 63.2 Å². The van der Waals surface area contributed by atoms with E-state index in [1.54, 1.807) is 6.20 Å². The van der Waals surface area contributed by atoms with E-state index in [2.05, 4.69) is 15.0 Å². The van der Waals surface area contributed by atoms with Crippen molar-refractivity contribution in [3.05, 3.63) is 54.2 Å². The number of amides is 1. The predicted molar refractivity (Wildman–Crippen MR) is 121 cm³/mol. The second-order valence-electron chi connectivity index (χ2n) is 7.85. The number of carbonyl (C=O) groups is 2. The Morgan fingerprint density at radius 3 is 2.45 bits per heavy atom. The van der Waals surface area contributed by atoms with Crippen molar-refractivity contribution in [3.8, 4) is 11.3 Å². The molecule has 0 fully saturated rings. The lowest BCUT2D eigenvalue weighted by Gasteiger charge is -2.18. The molecule has 2 rings (SSSR count). The minimum absolute atomic E-state index is 0.138. The molecule has 2 aromatic rings. The normalized spacial score (nSPS) is 13.6. The highest BCUT2D eigenvalue weighted by molar-refractivity contribution is 7.39. The van der Waals surface area contributed by atoms with Gasteiger partial charge < -0.3 is 15.3 Å². The van der Waals surface area contributed by atoms with Gasteiger partial charge in [-0.3, -0.25) is 9.78 Å². The van der Waals surface area contributed by atoms with Crippen LogP contribution >= 0.6 is 7.94 Å². The molecule has 0 aliphatic rings. The zero-order valence-electron chi connectivity index (χ0n) is 18.2. The summed E-state index contributed by atoms with van der Waals surface area (Å²) in [7, 11) is -1.84. The Kier molecular flexibility index (Phi) is 9.76. The maximum absolute atomic E-state index is 12.8. The quantitative estimate of drug-likeness (QED) is 0.515. The maximum atomic E-state index is 12.8. The van der Waals surface area contributed by atoms with E-state index in [9.17, 15) is 19.6 Å². The van der Waals surface area contributed by atoms with Crippen molar-refractivity contribution in [1.82, 2.24) is 10.3 Å². The number of carbonyl (C=O) groups excluding carboxylic acids is 1. The van der Waals surface area contributed by atoms with Gasteiger partial charge in [-0.25, -0.2) is 4.79 Å². The summed E-state index contributed by atoms with van der Waals surface area (Å²) in [6, 6.07) is 11.2. The van der Waals surface area contributed by atoms with Crippen LogP contribution in [0.3, 0.4) is 0 Å². The molecule has 0 saturated heterocycles. The summed E-state index contributed by atoms with van der Waals surface area (Å²) in [6.07, 6.45) is 3.40. The van der Waals surface area contributed by atoms with E-state index in [1.165, 1.54) is 0 Å². The molecule has 1 aromatic heterocycles. The molecule has 1 amide bonds. The van der Waals surface area contributed by atoms with Gasteiger partial charge in [-0.1, -0.05) is 51.1 Å². The minimum atomic E-state index is -1.84. The second kappa shape index (κ2) is 12.3. The Morgan fingerprint density at radius 1 is 1.19 bits per heavy atom. The molecule has 0 saturated carbocycles. The molecule has 166 valence electrons.